The summed E-state index contributed by atoms with van der Waals surface area (Å²) in [6.45, 7) is 2.32. The molecule has 0 aliphatic rings. The van der Waals surface area contributed by atoms with Gasteiger partial charge in [0.15, 0.2) is 0 Å². The van der Waals surface area contributed by atoms with Gasteiger partial charge in [0.2, 0.25) is 0 Å². The lowest BCUT2D eigenvalue weighted by atomic mass is 10.3. The molecule has 8 heteroatoms. The lowest BCUT2D eigenvalue weighted by molar-refractivity contribution is -0.136. The van der Waals surface area contributed by atoms with E-state index in [1.807, 2.05) is 47.9 Å². The molecule has 1 aromatic carbocycles. The molecule has 4 aromatic rings. The summed E-state index contributed by atoms with van der Waals surface area (Å²) in [5.41, 5.74) is 2.26. The molecule has 4 rings (SSSR count). The fraction of sp³-hybridized carbons (Fsp3) is 0.100. The zero-order valence-electron chi connectivity index (χ0n) is 15.0. The number of benzene rings is 1. The first-order chi connectivity index (χ1) is 13.6. The van der Waals surface area contributed by atoms with Crippen LogP contribution >= 0.6 is 11.3 Å². The van der Waals surface area contributed by atoms with Gasteiger partial charge in [-0.25, -0.2) is 9.97 Å². The summed E-state index contributed by atoms with van der Waals surface area (Å²) in [4.78, 5) is 34.9. The minimum absolute atomic E-state index is 0.329. The third-order valence-corrected chi connectivity index (χ3v) is 5.13. The van der Waals surface area contributed by atoms with E-state index < -0.39 is 11.8 Å². The standard InChI is InChI=1S/C20H17N5O2S/c1-13-6-8-15(28-13)11-22-19(26)20(27)24-14-7-9-18(21-10-14)25-12-23-16-4-2-3-5-17(16)25/h2-10,12H,11H2,1H3,(H,22,26)(H,24,27). The molecule has 2 amide bonds. The predicted molar refractivity (Wildman–Crippen MR) is 108 cm³/mol. The molecule has 3 aromatic heterocycles. The first-order valence-electron chi connectivity index (χ1n) is 8.63. The summed E-state index contributed by atoms with van der Waals surface area (Å²) in [5.74, 6) is -0.740. The summed E-state index contributed by atoms with van der Waals surface area (Å²) < 4.78 is 1.86. The van der Waals surface area contributed by atoms with Gasteiger partial charge in [-0.15, -0.1) is 11.3 Å². The molecule has 0 unspecified atom stereocenters. The highest BCUT2D eigenvalue weighted by atomic mass is 32.1. The van der Waals surface area contributed by atoms with E-state index in [0.29, 0.717) is 18.1 Å². The van der Waals surface area contributed by atoms with Gasteiger partial charge in [0.05, 0.1) is 29.5 Å². The maximum absolute atomic E-state index is 12.1. The van der Waals surface area contributed by atoms with Gasteiger partial charge in [-0.2, -0.15) is 0 Å². The number of carbonyl (C=O) groups excluding carboxylic acids is 2. The van der Waals surface area contributed by atoms with Crippen molar-refractivity contribution in [2.24, 2.45) is 0 Å². The highest BCUT2D eigenvalue weighted by molar-refractivity contribution is 7.11. The quantitative estimate of drug-likeness (QED) is 0.523. The number of fused-ring (bicyclic) bond motifs is 1. The highest BCUT2D eigenvalue weighted by Crippen LogP contribution is 2.17. The van der Waals surface area contributed by atoms with Crippen LogP contribution in [0.1, 0.15) is 9.75 Å². The number of thiophene rings is 1. The molecular weight excluding hydrogens is 374 g/mol. The minimum Gasteiger partial charge on any atom is -0.343 e. The molecule has 140 valence electrons. The number of hydrogen-bond acceptors (Lipinski definition) is 5. The molecule has 0 atom stereocenters. The van der Waals surface area contributed by atoms with Crippen LogP contribution in [0.15, 0.2) is 61.1 Å². The van der Waals surface area contributed by atoms with Crippen LogP contribution in [0, 0.1) is 6.92 Å². The van der Waals surface area contributed by atoms with Crippen molar-refractivity contribution in [1.29, 1.82) is 0 Å². The summed E-state index contributed by atoms with van der Waals surface area (Å²) in [7, 11) is 0. The third kappa shape index (κ3) is 3.77. The van der Waals surface area contributed by atoms with Gasteiger partial charge >= 0.3 is 11.8 Å². The van der Waals surface area contributed by atoms with Gasteiger partial charge in [0.25, 0.3) is 0 Å². The summed E-state index contributed by atoms with van der Waals surface area (Å²) in [5, 5.41) is 5.17. The number of para-hydroxylation sites is 2. The number of nitrogens with one attached hydrogen (secondary N) is 2. The Morgan fingerprint density at radius 3 is 2.64 bits per heavy atom. The Balaban J connectivity index is 1.40. The lowest BCUT2D eigenvalue weighted by Gasteiger charge is -2.07. The Hall–Kier alpha value is -3.52. The van der Waals surface area contributed by atoms with Crippen LogP contribution in [0.25, 0.3) is 16.9 Å². The van der Waals surface area contributed by atoms with Crippen molar-refractivity contribution in [3.05, 3.63) is 70.8 Å². The van der Waals surface area contributed by atoms with Crippen molar-refractivity contribution in [2.45, 2.75) is 13.5 Å². The number of anilines is 1. The van der Waals surface area contributed by atoms with E-state index in [2.05, 4.69) is 20.6 Å². The van der Waals surface area contributed by atoms with Crippen LogP contribution in [0.2, 0.25) is 0 Å². The number of amides is 2. The first-order valence-corrected chi connectivity index (χ1v) is 9.45. The van der Waals surface area contributed by atoms with E-state index in [9.17, 15) is 9.59 Å². The van der Waals surface area contributed by atoms with Gasteiger partial charge in [-0.1, -0.05) is 12.1 Å². The van der Waals surface area contributed by atoms with E-state index in [1.165, 1.54) is 6.20 Å². The normalized spacial score (nSPS) is 10.8. The molecule has 2 N–H and O–H groups in total. The minimum atomic E-state index is -0.726. The molecule has 0 aliphatic carbocycles. The zero-order valence-corrected chi connectivity index (χ0v) is 15.9. The number of imidazole rings is 1. The van der Waals surface area contributed by atoms with Crippen molar-refractivity contribution in [3.8, 4) is 5.82 Å². The maximum Gasteiger partial charge on any atom is 0.313 e. The number of rotatable bonds is 4. The third-order valence-electron chi connectivity index (χ3n) is 4.13. The molecule has 28 heavy (non-hydrogen) atoms. The van der Waals surface area contributed by atoms with Crippen molar-refractivity contribution < 1.29 is 9.59 Å². The lowest BCUT2D eigenvalue weighted by Crippen LogP contribution is -2.34. The van der Waals surface area contributed by atoms with E-state index in [-0.39, 0.29) is 0 Å². The summed E-state index contributed by atoms with van der Waals surface area (Å²) >= 11 is 1.58. The van der Waals surface area contributed by atoms with Gasteiger partial charge < -0.3 is 10.6 Å². The second-order valence-electron chi connectivity index (χ2n) is 6.16. The molecule has 0 radical (unpaired) electrons. The summed E-state index contributed by atoms with van der Waals surface area (Å²) in [6.07, 6.45) is 3.21. The average Bonchev–Trinajstić information content (AvgIpc) is 3.33. The topological polar surface area (TPSA) is 88.9 Å². The van der Waals surface area contributed by atoms with Crippen LogP contribution in [0.3, 0.4) is 0 Å². The van der Waals surface area contributed by atoms with Gasteiger partial charge in [0, 0.05) is 9.75 Å². The highest BCUT2D eigenvalue weighted by Gasteiger charge is 2.14. The van der Waals surface area contributed by atoms with Crippen LogP contribution in [0.4, 0.5) is 5.69 Å². The second-order valence-corrected chi connectivity index (χ2v) is 7.53. The van der Waals surface area contributed by atoms with Crippen LogP contribution in [-0.4, -0.2) is 26.3 Å². The summed E-state index contributed by atoms with van der Waals surface area (Å²) in [6, 6.07) is 15.1. The van der Waals surface area contributed by atoms with Gasteiger partial charge in [-0.05, 0) is 43.3 Å². The Kier molecular flexibility index (Phi) is 4.86. The Labute approximate surface area is 165 Å². The number of pyridine rings is 1. The van der Waals surface area contributed by atoms with Crippen LogP contribution in [0.5, 0.6) is 0 Å². The Morgan fingerprint density at radius 1 is 1.04 bits per heavy atom. The number of aromatic nitrogens is 3. The molecule has 3 heterocycles. The largest absolute Gasteiger partial charge is 0.343 e. The van der Waals surface area contributed by atoms with Crippen LogP contribution in [-0.2, 0) is 16.1 Å². The average molecular weight is 391 g/mol. The maximum atomic E-state index is 12.1. The number of carbonyl (C=O) groups is 2. The second kappa shape index (κ2) is 7.61. The molecule has 0 saturated heterocycles. The van der Waals surface area contributed by atoms with Crippen molar-refractivity contribution in [1.82, 2.24) is 19.9 Å². The number of nitrogens with zero attached hydrogens (tertiary/aromatic N) is 3. The van der Waals surface area contributed by atoms with Crippen molar-refractivity contribution in [2.75, 3.05) is 5.32 Å². The SMILES string of the molecule is Cc1ccc(CNC(=O)C(=O)Nc2ccc(-n3cnc4ccccc43)nc2)s1. The fourth-order valence-electron chi connectivity index (χ4n) is 2.76. The van der Waals surface area contributed by atoms with E-state index in [1.54, 1.807) is 29.8 Å². The molecule has 7 nitrogen and oxygen atoms in total. The zero-order chi connectivity index (χ0) is 19.5. The van der Waals surface area contributed by atoms with E-state index in [4.69, 9.17) is 0 Å². The molecule has 0 aliphatic heterocycles. The molecular formula is C20H17N5O2S. The van der Waals surface area contributed by atoms with Crippen molar-refractivity contribution in [3.63, 3.8) is 0 Å². The van der Waals surface area contributed by atoms with E-state index >= 15 is 0 Å². The van der Waals surface area contributed by atoms with E-state index in [0.717, 1.165) is 20.8 Å². The van der Waals surface area contributed by atoms with Crippen LogP contribution < -0.4 is 10.6 Å². The fourth-order valence-corrected chi connectivity index (χ4v) is 3.59. The van der Waals surface area contributed by atoms with Crippen molar-refractivity contribution >= 4 is 39.9 Å². The van der Waals surface area contributed by atoms with Gasteiger partial charge in [0.1, 0.15) is 12.1 Å². The molecule has 0 saturated carbocycles. The predicted octanol–water partition coefficient (Wildman–Crippen LogP) is 3.05. The monoisotopic (exact) mass is 391 g/mol. The number of hydrogen-bond donors (Lipinski definition) is 2. The Morgan fingerprint density at radius 2 is 1.89 bits per heavy atom. The Bertz CT molecular complexity index is 1150. The molecule has 0 bridgehead atoms. The number of aryl methyl sites for hydroxylation is 1. The van der Waals surface area contributed by atoms with Gasteiger partial charge in [-0.3, -0.25) is 14.2 Å². The molecule has 0 spiro atoms. The smallest absolute Gasteiger partial charge is 0.313 e. The molecule has 0 fully saturated rings. The first kappa shape index (κ1) is 17.9.